The van der Waals surface area contributed by atoms with Gasteiger partial charge in [-0.3, -0.25) is 0 Å². The number of rotatable bonds is 5. The number of aromatic nitrogens is 1. The van der Waals surface area contributed by atoms with E-state index in [9.17, 15) is 9.90 Å². The van der Waals surface area contributed by atoms with Crippen molar-refractivity contribution in [2.24, 2.45) is 0 Å². The van der Waals surface area contributed by atoms with Crippen LogP contribution in [0.4, 0.5) is 0 Å². The summed E-state index contributed by atoms with van der Waals surface area (Å²) in [7, 11) is 0. The molecule has 1 N–H and O–H groups in total. The number of carbonyl (C=O) groups is 1. The monoisotopic (exact) mass is 289 g/mol. The van der Waals surface area contributed by atoms with E-state index < -0.39 is 5.97 Å². The lowest BCUT2D eigenvalue weighted by molar-refractivity contribution is 0.0694. The predicted octanol–water partition coefficient (Wildman–Crippen LogP) is 3.95. The topological polar surface area (TPSA) is 72.6 Å². The number of ether oxygens (including phenoxy) is 1. The molecule has 0 saturated carbocycles. The summed E-state index contributed by atoms with van der Waals surface area (Å²) in [5.41, 5.74) is 1.17. The molecule has 0 unspecified atom stereocenters. The van der Waals surface area contributed by atoms with Gasteiger partial charge in [-0.25, -0.2) is 4.79 Å². The van der Waals surface area contributed by atoms with Gasteiger partial charge in [0, 0.05) is 11.5 Å². The third kappa shape index (κ3) is 3.24. The van der Waals surface area contributed by atoms with Gasteiger partial charge in [0.15, 0.2) is 5.76 Å². The van der Waals surface area contributed by atoms with Crippen molar-refractivity contribution in [3.05, 3.63) is 35.6 Å². The van der Waals surface area contributed by atoms with E-state index in [0.717, 1.165) is 5.75 Å². The first kappa shape index (κ1) is 15.1. The fourth-order valence-electron chi connectivity index (χ4n) is 2.06. The highest BCUT2D eigenvalue weighted by Gasteiger charge is 2.25. The van der Waals surface area contributed by atoms with Gasteiger partial charge in [-0.2, -0.15) is 0 Å². The lowest BCUT2D eigenvalue weighted by Crippen LogP contribution is -2.05. The summed E-state index contributed by atoms with van der Waals surface area (Å²) >= 11 is 0. The second-order valence-corrected chi connectivity index (χ2v) is 5.42. The van der Waals surface area contributed by atoms with Crippen LogP contribution in [-0.4, -0.2) is 22.3 Å². The third-order valence-corrected chi connectivity index (χ3v) is 2.96. The Kier molecular flexibility index (Phi) is 4.31. The van der Waals surface area contributed by atoms with Gasteiger partial charge in [0.1, 0.15) is 17.0 Å². The molecule has 5 heteroatoms. The molecule has 0 fully saturated rings. The number of hydrogen-bond donors (Lipinski definition) is 1. The molecule has 0 saturated heterocycles. The molecule has 0 bridgehead atoms. The molecule has 112 valence electrons. The number of nitrogens with zero attached hydrogens (tertiary/aromatic N) is 1. The first-order valence-corrected chi connectivity index (χ1v) is 6.90. The first-order valence-electron chi connectivity index (χ1n) is 6.90. The highest BCUT2D eigenvalue weighted by atomic mass is 16.5. The Morgan fingerprint density at radius 3 is 2.29 bits per heavy atom. The smallest absolute Gasteiger partial charge is 0.341 e. The molecule has 0 aliphatic heterocycles. The van der Waals surface area contributed by atoms with Crippen LogP contribution in [0.15, 0.2) is 28.8 Å². The zero-order valence-electron chi connectivity index (χ0n) is 12.6. The van der Waals surface area contributed by atoms with Crippen LogP contribution >= 0.6 is 0 Å². The van der Waals surface area contributed by atoms with Crippen LogP contribution < -0.4 is 4.74 Å². The number of benzene rings is 1. The Morgan fingerprint density at radius 2 is 1.81 bits per heavy atom. The summed E-state index contributed by atoms with van der Waals surface area (Å²) < 4.78 is 10.8. The summed E-state index contributed by atoms with van der Waals surface area (Å²) in [4.78, 5) is 11.5. The fraction of sp³-hybridized carbons (Fsp3) is 0.375. The number of aromatic carboxylic acids is 1. The quantitative estimate of drug-likeness (QED) is 0.902. The average molecular weight is 289 g/mol. The maximum atomic E-state index is 11.5. The van der Waals surface area contributed by atoms with Gasteiger partial charge in [-0.15, -0.1) is 0 Å². The van der Waals surface area contributed by atoms with E-state index in [0.29, 0.717) is 17.0 Å². The molecule has 1 aromatic heterocycles. The van der Waals surface area contributed by atoms with Crippen molar-refractivity contribution in [3.8, 4) is 17.0 Å². The highest BCUT2D eigenvalue weighted by molar-refractivity contribution is 5.96. The van der Waals surface area contributed by atoms with Crippen LogP contribution in [0.5, 0.6) is 5.75 Å². The summed E-state index contributed by atoms with van der Waals surface area (Å²) in [5, 5.41) is 13.3. The molecule has 0 radical (unpaired) electrons. The van der Waals surface area contributed by atoms with Crippen molar-refractivity contribution < 1.29 is 19.2 Å². The van der Waals surface area contributed by atoms with E-state index >= 15 is 0 Å². The van der Waals surface area contributed by atoms with Gasteiger partial charge in [0.2, 0.25) is 0 Å². The first-order chi connectivity index (χ1) is 9.90. The maximum absolute atomic E-state index is 11.5. The number of hydrogen-bond acceptors (Lipinski definition) is 4. The zero-order chi connectivity index (χ0) is 15.6. The van der Waals surface area contributed by atoms with Crippen molar-refractivity contribution in [2.75, 3.05) is 0 Å². The van der Waals surface area contributed by atoms with Crippen molar-refractivity contribution >= 4 is 5.97 Å². The van der Waals surface area contributed by atoms with E-state index in [2.05, 4.69) is 5.16 Å². The normalized spacial score (nSPS) is 11.1. The van der Waals surface area contributed by atoms with Crippen LogP contribution in [-0.2, 0) is 0 Å². The SMILES string of the molecule is CC(C)Oc1ccc(-c2noc(C(C)C)c2C(=O)O)cc1. The molecule has 1 heterocycles. The highest BCUT2D eigenvalue weighted by Crippen LogP contribution is 2.30. The third-order valence-electron chi connectivity index (χ3n) is 2.96. The van der Waals surface area contributed by atoms with Gasteiger partial charge < -0.3 is 14.4 Å². The van der Waals surface area contributed by atoms with Crippen molar-refractivity contribution in [1.82, 2.24) is 5.16 Å². The molecule has 0 aliphatic carbocycles. The van der Waals surface area contributed by atoms with Gasteiger partial charge in [0.05, 0.1) is 6.10 Å². The minimum Gasteiger partial charge on any atom is -0.491 e. The van der Waals surface area contributed by atoms with Gasteiger partial charge >= 0.3 is 5.97 Å². The summed E-state index contributed by atoms with van der Waals surface area (Å²) in [6.07, 6.45) is 0.0880. The van der Waals surface area contributed by atoms with E-state index in [1.165, 1.54) is 0 Å². The number of carboxylic acids is 1. The summed E-state index contributed by atoms with van der Waals surface area (Å²) in [5.74, 6) is 0.0524. The Hall–Kier alpha value is -2.30. The second-order valence-electron chi connectivity index (χ2n) is 5.42. The Balaban J connectivity index is 2.40. The maximum Gasteiger partial charge on any atom is 0.341 e. The van der Waals surface area contributed by atoms with E-state index in [-0.39, 0.29) is 17.6 Å². The van der Waals surface area contributed by atoms with Crippen LogP contribution in [0.2, 0.25) is 0 Å². The van der Waals surface area contributed by atoms with Gasteiger partial charge in [-0.05, 0) is 38.1 Å². The van der Waals surface area contributed by atoms with E-state index in [1.54, 1.807) is 24.3 Å². The molecule has 5 nitrogen and oxygen atoms in total. The van der Waals surface area contributed by atoms with Crippen LogP contribution in [0.1, 0.15) is 49.7 Å². The molecule has 21 heavy (non-hydrogen) atoms. The number of carboxylic acid groups (broad SMARTS) is 1. The largest absolute Gasteiger partial charge is 0.491 e. The fourth-order valence-corrected chi connectivity index (χ4v) is 2.06. The van der Waals surface area contributed by atoms with Crippen LogP contribution in [0.3, 0.4) is 0 Å². The van der Waals surface area contributed by atoms with E-state index in [4.69, 9.17) is 9.26 Å². The molecule has 2 rings (SSSR count). The predicted molar refractivity (Wildman–Crippen MR) is 78.8 cm³/mol. The second kappa shape index (κ2) is 5.99. The van der Waals surface area contributed by atoms with Crippen LogP contribution in [0, 0.1) is 0 Å². The molecule has 0 atom stereocenters. The standard InChI is InChI=1S/C16H19NO4/c1-9(2)15-13(16(18)19)14(17-21-15)11-5-7-12(8-6-11)20-10(3)4/h5-10H,1-4H3,(H,18,19). The Bertz CT molecular complexity index is 626. The Morgan fingerprint density at radius 1 is 1.19 bits per heavy atom. The minimum atomic E-state index is -1.03. The zero-order valence-corrected chi connectivity index (χ0v) is 12.6. The van der Waals surface area contributed by atoms with Crippen molar-refractivity contribution in [1.29, 1.82) is 0 Å². The van der Waals surface area contributed by atoms with E-state index in [1.807, 2.05) is 27.7 Å². The Labute approximate surface area is 123 Å². The molecule has 1 aromatic carbocycles. The van der Waals surface area contributed by atoms with Crippen LogP contribution in [0.25, 0.3) is 11.3 Å². The summed E-state index contributed by atoms with van der Waals surface area (Å²) in [6.45, 7) is 7.64. The summed E-state index contributed by atoms with van der Waals surface area (Å²) in [6, 6.07) is 7.16. The average Bonchev–Trinajstić information content (AvgIpc) is 2.83. The molecular formula is C16H19NO4. The molecular weight excluding hydrogens is 270 g/mol. The van der Waals surface area contributed by atoms with Gasteiger partial charge in [-0.1, -0.05) is 19.0 Å². The molecule has 0 amide bonds. The van der Waals surface area contributed by atoms with Crippen molar-refractivity contribution in [2.45, 2.75) is 39.7 Å². The van der Waals surface area contributed by atoms with Gasteiger partial charge in [0.25, 0.3) is 0 Å². The molecule has 0 spiro atoms. The lowest BCUT2D eigenvalue weighted by Gasteiger charge is -2.09. The molecule has 0 aliphatic rings. The minimum absolute atomic E-state index is 0.0408. The molecule has 2 aromatic rings. The lowest BCUT2D eigenvalue weighted by atomic mass is 10.0. The van der Waals surface area contributed by atoms with Crippen molar-refractivity contribution in [3.63, 3.8) is 0 Å².